The Kier molecular flexibility index (Phi) is 2.22. The van der Waals surface area contributed by atoms with E-state index in [0.29, 0.717) is 22.5 Å². The molecular weight excluding hydrogens is 174 g/mol. The highest BCUT2D eigenvalue weighted by molar-refractivity contribution is 7.11. The van der Waals surface area contributed by atoms with Crippen LogP contribution in [0.4, 0.5) is 13.2 Å². The third-order valence-electron chi connectivity index (χ3n) is 1.14. The number of halogens is 3. The van der Waals surface area contributed by atoms with Crippen LogP contribution >= 0.6 is 11.3 Å². The first-order valence-electron chi connectivity index (χ1n) is 3.06. The van der Waals surface area contributed by atoms with E-state index in [4.69, 9.17) is 0 Å². The fourth-order valence-corrected chi connectivity index (χ4v) is 1.32. The molecule has 1 rings (SSSR count). The van der Waals surface area contributed by atoms with E-state index in [1.54, 1.807) is 7.85 Å². The molecule has 0 spiro atoms. The van der Waals surface area contributed by atoms with Crippen molar-refractivity contribution in [1.82, 2.24) is 4.98 Å². The van der Waals surface area contributed by atoms with Gasteiger partial charge in [-0.1, -0.05) is 0 Å². The molecule has 60 valence electrons. The van der Waals surface area contributed by atoms with E-state index < -0.39 is 11.2 Å². The molecule has 0 unspecified atom stereocenters. The SMILES string of the molecule is BCc1cnc(C(F)(F)F)s1. The molecule has 0 fully saturated rings. The topological polar surface area (TPSA) is 12.9 Å². The lowest BCUT2D eigenvalue weighted by atomic mass is 10.1. The zero-order valence-corrected chi connectivity index (χ0v) is 6.59. The number of aromatic nitrogens is 1. The van der Waals surface area contributed by atoms with Crippen LogP contribution in [0.3, 0.4) is 0 Å². The Bertz CT molecular complexity index is 244. The summed E-state index contributed by atoms with van der Waals surface area (Å²) in [6.07, 6.45) is -2.40. The lowest BCUT2D eigenvalue weighted by Crippen LogP contribution is -2.02. The quantitative estimate of drug-likeness (QED) is 0.592. The second kappa shape index (κ2) is 2.85. The first kappa shape index (κ1) is 8.58. The van der Waals surface area contributed by atoms with Crippen LogP contribution in [-0.2, 0) is 12.5 Å². The highest BCUT2D eigenvalue weighted by Crippen LogP contribution is 2.32. The third kappa shape index (κ3) is 1.96. The summed E-state index contributed by atoms with van der Waals surface area (Å²) in [6.45, 7) is 0. The van der Waals surface area contributed by atoms with Gasteiger partial charge in [0.05, 0.1) is 0 Å². The van der Waals surface area contributed by atoms with Gasteiger partial charge in [-0.05, 0) is 6.32 Å². The van der Waals surface area contributed by atoms with Crippen molar-refractivity contribution in [2.75, 3.05) is 0 Å². The molecule has 0 aliphatic heterocycles. The standard InChI is InChI=1S/C5H5BF3NS/c6-1-3-2-10-4(11-3)5(7,8)9/h2H,1,6H2. The molecule has 1 nitrogen and oxygen atoms in total. The van der Waals surface area contributed by atoms with Crippen molar-refractivity contribution < 1.29 is 13.2 Å². The molecule has 1 heterocycles. The van der Waals surface area contributed by atoms with E-state index in [0.717, 1.165) is 0 Å². The zero-order valence-electron chi connectivity index (χ0n) is 5.77. The number of alkyl halides is 3. The molecule has 0 amide bonds. The Morgan fingerprint density at radius 2 is 2.18 bits per heavy atom. The maximum absolute atomic E-state index is 11.9. The van der Waals surface area contributed by atoms with Gasteiger partial charge in [-0.15, -0.1) is 11.3 Å². The van der Waals surface area contributed by atoms with Crippen molar-refractivity contribution in [1.29, 1.82) is 0 Å². The minimum Gasteiger partial charge on any atom is -0.240 e. The van der Waals surface area contributed by atoms with Gasteiger partial charge >= 0.3 is 6.18 Å². The lowest BCUT2D eigenvalue weighted by molar-refractivity contribution is -0.137. The monoisotopic (exact) mass is 179 g/mol. The first-order chi connectivity index (χ1) is 5.04. The second-order valence-corrected chi connectivity index (χ2v) is 3.10. The lowest BCUT2D eigenvalue weighted by Gasteiger charge is -1.98. The molecule has 0 saturated heterocycles. The molecule has 0 aromatic carbocycles. The fourth-order valence-electron chi connectivity index (χ4n) is 0.602. The average molecular weight is 179 g/mol. The number of hydrogen-bond donors (Lipinski definition) is 0. The summed E-state index contributed by atoms with van der Waals surface area (Å²) in [6, 6.07) is 0. The minimum atomic E-state index is -4.28. The van der Waals surface area contributed by atoms with E-state index >= 15 is 0 Å². The average Bonchev–Trinajstić information content (AvgIpc) is 2.32. The molecule has 0 radical (unpaired) electrons. The van der Waals surface area contributed by atoms with Crippen LogP contribution in [0.25, 0.3) is 0 Å². The summed E-state index contributed by atoms with van der Waals surface area (Å²) in [4.78, 5) is 3.92. The second-order valence-electron chi connectivity index (χ2n) is 1.98. The molecular formula is C5H5BF3NS. The molecule has 0 N–H and O–H groups in total. The number of nitrogens with zero attached hydrogens (tertiary/aromatic N) is 1. The summed E-state index contributed by atoms with van der Waals surface area (Å²) in [5.74, 6) is 0. The van der Waals surface area contributed by atoms with Crippen molar-refractivity contribution in [2.45, 2.75) is 12.5 Å². The molecule has 0 aliphatic rings. The van der Waals surface area contributed by atoms with E-state index in [1.807, 2.05) is 0 Å². The van der Waals surface area contributed by atoms with Gasteiger partial charge in [0.1, 0.15) is 7.85 Å². The molecule has 0 bridgehead atoms. The van der Waals surface area contributed by atoms with Gasteiger partial charge in [0.2, 0.25) is 0 Å². The molecule has 1 aromatic rings. The van der Waals surface area contributed by atoms with E-state index in [2.05, 4.69) is 4.98 Å². The largest absolute Gasteiger partial charge is 0.443 e. The summed E-state index contributed by atoms with van der Waals surface area (Å²) in [5, 5.41) is -0.755. The Morgan fingerprint density at radius 1 is 1.55 bits per heavy atom. The van der Waals surface area contributed by atoms with E-state index in [-0.39, 0.29) is 0 Å². The van der Waals surface area contributed by atoms with Gasteiger partial charge in [-0.25, -0.2) is 4.98 Å². The smallest absolute Gasteiger partial charge is 0.240 e. The molecule has 11 heavy (non-hydrogen) atoms. The van der Waals surface area contributed by atoms with Crippen LogP contribution in [0.2, 0.25) is 0 Å². The van der Waals surface area contributed by atoms with Crippen LogP contribution in [0, 0.1) is 0 Å². The maximum atomic E-state index is 11.9. The fraction of sp³-hybridized carbons (Fsp3) is 0.400. The highest BCUT2D eigenvalue weighted by atomic mass is 32.1. The van der Waals surface area contributed by atoms with Crippen LogP contribution in [-0.4, -0.2) is 12.8 Å². The summed E-state index contributed by atoms with van der Waals surface area (Å²) < 4.78 is 35.7. The Labute approximate surface area is 66.7 Å². The Hall–Kier alpha value is -0.515. The van der Waals surface area contributed by atoms with Gasteiger partial charge in [0.15, 0.2) is 5.01 Å². The van der Waals surface area contributed by atoms with Crippen molar-refractivity contribution in [3.63, 3.8) is 0 Å². The van der Waals surface area contributed by atoms with E-state index in [1.165, 1.54) is 6.20 Å². The number of thiazole rings is 1. The van der Waals surface area contributed by atoms with Crippen molar-refractivity contribution >= 4 is 19.2 Å². The minimum absolute atomic E-state index is 0.605. The molecule has 6 heteroatoms. The van der Waals surface area contributed by atoms with Gasteiger partial charge in [0, 0.05) is 11.1 Å². The summed E-state index contributed by atoms with van der Waals surface area (Å²) in [7, 11) is 1.80. The Morgan fingerprint density at radius 3 is 2.45 bits per heavy atom. The third-order valence-corrected chi connectivity index (χ3v) is 2.33. The van der Waals surface area contributed by atoms with Gasteiger partial charge in [-0.3, -0.25) is 0 Å². The number of hydrogen-bond acceptors (Lipinski definition) is 2. The van der Waals surface area contributed by atoms with Crippen molar-refractivity contribution in [3.8, 4) is 0 Å². The normalized spacial score (nSPS) is 11.9. The molecule has 1 aromatic heterocycles. The van der Waals surface area contributed by atoms with Crippen molar-refractivity contribution in [2.24, 2.45) is 0 Å². The van der Waals surface area contributed by atoms with Gasteiger partial charge in [0.25, 0.3) is 0 Å². The van der Waals surface area contributed by atoms with E-state index in [9.17, 15) is 13.2 Å². The van der Waals surface area contributed by atoms with Crippen LogP contribution in [0.1, 0.15) is 9.88 Å². The van der Waals surface area contributed by atoms with Crippen LogP contribution in [0.15, 0.2) is 6.20 Å². The first-order valence-corrected chi connectivity index (χ1v) is 3.87. The highest BCUT2D eigenvalue weighted by Gasteiger charge is 2.34. The molecule has 0 aliphatic carbocycles. The number of rotatable bonds is 1. The van der Waals surface area contributed by atoms with Crippen LogP contribution < -0.4 is 0 Å². The molecule has 0 atom stereocenters. The van der Waals surface area contributed by atoms with Gasteiger partial charge < -0.3 is 0 Å². The predicted molar refractivity (Wildman–Crippen MR) is 39.4 cm³/mol. The predicted octanol–water partition coefficient (Wildman–Crippen LogP) is 1.29. The zero-order chi connectivity index (χ0) is 8.48. The summed E-state index contributed by atoms with van der Waals surface area (Å²) in [5.41, 5.74) is 0. The molecule has 0 saturated carbocycles. The maximum Gasteiger partial charge on any atom is 0.443 e. The van der Waals surface area contributed by atoms with Gasteiger partial charge in [-0.2, -0.15) is 13.2 Å². The summed E-state index contributed by atoms with van der Waals surface area (Å²) >= 11 is 0.704. The van der Waals surface area contributed by atoms with Crippen molar-refractivity contribution in [3.05, 3.63) is 16.1 Å². The van der Waals surface area contributed by atoms with Crippen LogP contribution in [0.5, 0.6) is 0 Å². The Balaban J connectivity index is 2.89.